The van der Waals surface area contributed by atoms with Crippen LogP contribution in [0, 0.1) is 0 Å². The van der Waals surface area contributed by atoms with Crippen molar-refractivity contribution in [1.29, 1.82) is 0 Å². The second kappa shape index (κ2) is 6.55. The average Bonchev–Trinajstić information content (AvgIpc) is 2.95. The van der Waals surface area contributed by atoms with Gasteiger partial charge in [0.2, 0.25) is 5.91 Å². The number of benzene rings is 1. The number of nitrogens with two attached hydrogens (primary N) is 1. The van der Waals surface area contributed by atoms with E-state index in [9.17, 15) is 4.79 Å². The van der Waals surface area contributed by atoms with E-state index in [2.05, 4.69) is 20.5 Å². The normalized spacial score (nSPS) is 11.8. The maximum absolute atomic E-state index is 11.7. The monoisotopic (exact) mass is 275 g/mol. The van der Waals surface area contributed by atoms with Crippen molar-refractivity contribution >= 4 is 11.6 Å². The first-order valence-corrected chi connectivity index (χ1v) is 6.28. The molecule has 0 radical (unpaired) electrons. The molecule has 106 valence electrons. The van der Waals surface area contributed by atoms with Crippen LogP contribution in [-0.2, 0) is 4.79 Å². The molecule has 0 spiro atoms. The van der Waals surface area contributed by atoms with Crippen LogP contribution >= 0.6 is 0 Å². The lowest BCUT2D eigenvalue weighted by Crippen LogP contribution is -2.28. The molecule has 1 aromatic carbocycles. The van der Waals surface area contributed by atoms with Gasteiger partial charge < -0.3 is 15.8 Å². The molecule has 2 aromatic rings. The summed E-state index contributed by atoms with van der Waals surface area (Å²) in [6.07, 6.45) is 1.64. The second-order valence-electron chi connectivity index (χ2n) is 4.30. The lowest BCUT2D eigenvalue weighted by Gasteiger charge is -2.12. The number of nitrogen functional groups attached to an aromatic ring is 1. The van der Waals surface area contributed by atoms with Crippen LogP contribution in [0.15, 0.2) is 30.6 Å². The van der Waals surface area contributed by atoms with Crippen molar-refractivity contribution < 1.29 is 9.53 Å². The Morgan fingerprint density at radius 1 is 1.50 bits per heavy atom. The van der Waals surface area contributed by atoms with Crippen LogP contribution < -0.4 is 15.8 Å². The van der Waals surface area contributed by atoms with Crippen molar-refractivity contribution in [2.75, 3.05) is 12.3 Å². The zero-order valence-corrected chi connectivity index (χ0v) is 11.2. The van der Waals surface area contributed by atoms with Crippen molar-refractivity contribution in [2.45, 2.75) is 19.4 Å². The Balaban J connectivity index is 1.74. The van der Waals surface area contributed by atoms with E-state index >= 15 is 0 Å². The average molecular weight is 275 g/mol. The molecule has 1 unspecified atom stereocenters. The fraction of sp³-hybridized carbons (Fsp3) is 0.308. The number of hydrogen-bond acceptors (Lipinski definition) is 5. The molecular weight excluding hydrogens is 258 g/mol. The van der Waals surface area contributed by atoms with Gasteiger partial charge in [0.25, 0.3) is 0 Å². The maximum Gasteiger partial charge on any atom is 0.224 e. The summed E-state index contributed by atoms with van der Waals surface area (Å²) in [7, 11) is 0. The number of H-pyrrole nitrogens is 1. The van der Waals surface area contributed by atoms with Crippen LogP contribution in [0.5, 0.6) is 5.75 Å². The molecule has 0 aliphatic heterocycles. The number of anilines is 1. The molecule has 1 atom stereocenters. The Hall–Kier alpha value is -2.57. The number of para-hydroxylation sites is 2. The van der Waals surface area contributed by atoms with Crippen LogP contribution in [0.4, 0.5) is 5.69 Å². The third kappa shape index (κ3) is 3.71. The molecule has 0 aliphatic carbocycles. The molecule has 0 bridgehead atoms. The largest absolute Gasteiger partial charge is 0.491 e. The highest BCUT2D eigenvalue weighted by Gasteiger charge is 2.11. The molecule has 4 N–H and O–H groups in total. The van der Waals surface area contributed by atoms with Crippen LogP contribution in [0.1, 0.15) is 25.2 Å². The summed E-state index contributed by atoms with van der Waals surface area (Å²) in [5, 5.41) is 9.24. The number of aromatic nitrogens is 3. The highest BCUT2D eigenvalue weighted by atomic mass is 16.5. The SMILES string of the molecule is CC(NC(=O)CCOc1ccccc1N)c1ncn[nH]1. The minimum absolute atomic E-state index is 0.122. The molecule has 2 rings (SSSR count). The molecule has 0 saturated heterocycles. The van der Waals surface area contributed by atoms with Crippen molar-refractivity contribution in [1.82, 2.24) is 20.5 Å². The van der Waals surface area contributed by atoms with E-state index in [0.717, 1.165) is 0 Å². The van der Waals surface area contributed by atoms with E-state index in [4.69, 9.17) is 10.5 Å². The summed E-state index contributed by atoms with van der Waals surface area (Å²) in [6, 6.07) is 6.96. The third-order valence-electron chi connectivity index (χ3n) is 2.73. The van der Waals surface area contributed by atoms with Crippen molar-refractivity contribution in [2.24, 2.45) is 0 Å². The summed E-state index contributed by atoms with van der Waals surface area (Å²) in [4.78, 5) is 15.7. The van der Waals surface area contributed by atoms with E-state index in [-0.39, 0.29) is 25.0 Å². The van der Waals surface area contributed by atoms with E-state index in [1.165, 1.54) is 6.33 Å². The number of carbonyl (C=O) groups is 1. The second-order valence-corrected chi connectivity index (χ2v) is 4.30. The van der Waals surface area contributed by atoms with Gasteiger partial charge in [-0.1, -0.05) is 12.1 Å². The molecule has 7 nitrogen and oxygen atoms in total. The summed E-state index contributed by atoms with van der Waals surface area (Å²) >= 11 is 0. The lowest BCUT2D eigenvalue weighted by atomic mass is 10.3. The molecule has 1 aromatic heterocycles. The number of nitrogens with zero attached hydrogens (tertiary/aromatic N) is 2. The Labute approximate surface area is 116 Å². The fourth-order valence-electron chi connectivity index (χ4n) is 1.67. The third-order valence-corrected chi connectivity index (χ3v) is 2.73. The van der Waals surface area contributed by atoms with Gasteiger partial charge in [-0.2, -0.15) is 5.10 Å². The van der Waals surface area contributed by atoms with Crippen molar-refractivity contribution in [3.8, 4) is 5.75 Å². The molecule has 0 aliphatic rings. The highest BCUT2D eigenvalue weighted by molar-refractivity contribution is 5.76. The van der Waals surface area contributed by atoms with Gasteiger partial charge in [-0.25, -0.2) is 4.98 Å². The first-order valence-electron chi connectivity index (χ1n) is 6.28. The van der Waals surface area contributed by atoms with Crippen LogP contribution in [0.2, 0.25) is 0 Å². The van der Waals surface area contributed by atoms with Gasteiger partial charge >= 0.3 is 0 Å². The molecule has 0 fully saturated rings. The summed E-state index contributed by atoms with van der Waals surface area (Å²) < 4.78 is 5.46. The van der Waals surface area contributed by atoms with Gasteiger partial charge in [0.1, 0.15) is 17.9 Å². The van der Waals surface area contributed by atoms with Gasteiger partial charge in [-0.05, 0) is 19.1 Å². The molecule has 1 heterocycles. The topological polar surface area (TPSA) is 106 Å². The number of hydrogen-bond donors (Lipinski definition) is 3. The molecule has 20 heavy (non-hydrogen) atoms. The zero-order chi connectivity index (χ0) is 14.4. The number of ether oxygens (including phenoxy) is 1. The van der Waals surface area contributed by atoms with Crippen LogP contribution in [0.25, 0.3) is 0 Å². The highest BCUT2D eigenvalue weighted by Crippen LogP contribution is 2.19. The molecule has 0 saturated carbocycles. The van der Waals surface area contributed by atoms with Crippen LogP contribution in [0.3, 0.4) is 0 Å². The Bertz CT molecular complexity index is 556. The van der Waals surface area contributed by atoms with E-state index in [1.54, 1.807) is 12.1 Å². The number of amides is 1. The number of aromatic amines is 1. The van der Waals surface area contributed by atoms with E-state index < -0.39 is 0 Å². The minimum atomic E-state index is -0.216. The van der Waals surface area contributed by atoms with Crippen molar-refractivity contribution in [3.63, 3.8) is 0 Å². The van der Waals surface area contributed by atoms with E-state index in [0.29, 0.717) is 17.3 Å². The summed E-state index contributed by atoms with van der Waals surface area (Å²) in [6.45, 7) is 2.09. The van der Waals surface area contributed by atoms with Gasteiger partial charge in [0.05, 0.1) is 24.8 Å². The molecular formula is C13H17N5O2. The Kier molecular flexibility index (Phi) is 4.54. The smallest absolute Gasteiger partial charge is 0.224 e. The number of rotatable bonds is 6. The zero-order valence-electron chi connectivity index (χ0n) is 11.2. The lowest BCUT2D eigenvalue weighted by molar-refractivity contribution is -0.122. The summed E-state index contributed by atoms with van der Waals surface area (Å²) in [5.74, 6) is 1.08. The molecule has 7 heteroatoms. The predicted octanol–water partition coefficient (Wildman–Crippen LogP) is 1.03. The predicted molar refractivity (Wildman–Crippen MR) is 73.9 cm³/mol. The molecule has 1 amide bonds. The number of nitrogens with one attached hydrogen (secondary N) is 2. The maximum atomic E-state index is 11.7. The van der Waals surface area contributed by atoms with E-state index in [1.807, 2.05) is 19.1 Å². The Morgan fingerprint density at radius 3 is 3.00 bits per heavy atom. The quantitative estimate of drug-likeness (QED) is 0.683. The van der Waals surface area contributed by atoms with Crippen LogP contribution in [-0.4, -0.2) is 27.7 Å². The minimum Gasteiger partial charge on any atom is -0.491 e. The van der Waals surface area contributed by atoms with Crippen molar-refractivity contribution in [3.05, 3.63) is 36.4 Å². The first kappa shape index (κ1) is 13.9. The Morgan fingerprint density at radius 2 is 2.30 bits per heavy atom. The van der Waals surface area contributed by atoms with Gasteiger partial charge in [-0.3, -0.25) is 9.89 Å². The van der Waals surface area contributed by atoms with Gasteiger partial charge in [0, 0.05) is 0 Å². The summed E-state index contributed by atoms with van der Waals surface area (Å²) in [5.41, 5.74) is 6.30. The number of carbonyl (C=O) groups excluding carboxylic acids is 1. The van der Waals surface area contributed by atoms with Gasteiger partial charge in [0.15, 0.2) is 0 Å². The fourth-order valence-corrected chi connectivity index (χ4v) is 1.67. The first-order chi connectivity index (χ1) is 9.66. The standard InChI is InChI=1S/C13H17N5O2/c1-9(13-15-8-16-18-13)17-12(19)6-7-20-11-5-3-2-4-10(11)14/h2-5,8-9H,6-7,14H2,1H3,(H,17,19)(H,15,16,18). The van der Waals surface area contributed by atoms with Gasteiger partial charge in [-0.15, -0.1) is 0 Å².